The molecule has 19 heavy (non-hydrogen) atoms. The molecule has 1 aromatic rings. The van der Waals surface area contributed by atoms with Crippen LogP contribution in [0.25, 0.3) is 0 Å². The van der Waals surface area contributed by atoms with Crippen LogP contribution in [0.4, 0.5) is 8.78 Å². The van der Waals surface area contributed by atoms with E-state index in [0.29, 0.717) is 12.8 Å². The van der Waals surface area contributed by atoms with Gasteiger partial charge in [0, 0.05) is 11.6 Å². The van der Waals surface area contributed by atoms with Crippen molar-refractivity contribution in [2.24, 2.45) is 0 Å². The summed E-state index contributed by atoms with van der Waals surface area (Å²) >= 11 is 2.82. The molecule has 0 heterocycles. The zero-order chi connectivity index (χ0) is 14.2. The maximum atomic E-state index is 14.2. The Morgan fingerprint density at radius 1 is 1.26 bits per heavy atom. The van der Waals surface area contributed by atoms with Gasteiger partial charge >= 0.3 is 5.97 Å². The summed E-state index contributed by atoms with van der Waals surface area (Å²) in [7, 11) is 0. The van der Waals surface area contributed by atoms with Crippen LogP contribution in [-0.2, 0) is 10.2 Å². The van der Waals surface area contributed by atoms with Gasteiger partial charge < -0.3 is 10.2 Å². The van der Waals surface area contributed by atoms with Gasteiger partial charge in [-0.05, 0) is 28.8 Å². The van der Waals surface area contributed by atoms with E-state index < -0.39 is 34.3 Å². The molecule has 1 aliphatic carbocycles. The molecule has 1 aromatic carbocycles. The van der Waals surface area contributed by atoms with Gasteiger partial charge in [0.15, 0.2) is 0 Å². The minimum atomic E-state index is -1.54. The number of halogens is 3. The number of carboxylic acid groups (broad SMARTS) is 1. The monoisotopic (exact) mass is 334 g/mol. The highest BCUT2D eigenvalue weighted by atomic mass is 79.9. The molecule has 0 aromatic heterocycles. The Balaban J connectivity index is 2.67. The molecule has 6 heteroatoms. The van der Waals surface area contributed by atoms with Crippen molar-refractivity contribution >= 4 is 21.9 Å². The molecule has 1 saturated carbocycles. The third kappa shape index (κ3) is 2.22. The van der Waals surface area contributed by atoms with E-state index in [4.69, 9.17) is 0 Å². The fraction of sp³-hybridized carbons (Fsp3) is 0.462. The van der Waals surface area contributed by atoms with Crippen LogP contribution in [0.2, 0.25) is 0 Å². The van der Waals surface area contributed by atoms with Gasteiger partial charge in [0.2, 0.25) is 0 Å². The van der Waals surface area contributed by atoms with Crippen molar-refractivity contribution in [2.75, 3.05) is 0 Å². The van der Waals surface area contributed by atoms with Crippen molar-refractivity contribution in [2.45, 2.75) is 37.5 Å². The minimum absolute atomic E-state index is 0.202. The lowest BCUT2D eigenvalue weighted by Crippen LogP contribution is -2.39. The van der Waals surface area contributed by atoms with Gasteiger partial charge in [-0.1, -0.05) is 19.3 Å². The zero-order valence-corrected chi connectivity index (χ0v) is 11.6. The van der Waals surface area contributed by atoms with Crippen LogP contribution in [0, 0.1) is 11.6 Å². The fourth-order valence-electron chi connectivity index (χ4n) is 2.75. The number of aromatic hydroxyl groups is 1. The first-order chi connectivity index (χ1) is 8.90. The first kappa shape index (κ1) is 14.2. The lowest BCUT2D eigenvalue weighted by Gasteiger charge is -2.34. The molecular weight excluding hydrogens is 322 g/mol. The molecule has 104 valence electrons. The summed E-state index contributed by atoms with van der Waals surface area (Å²) in [5.74, 6) is -3.83. The summed E-state index contributed by atoms with van der Waals surface area (Å²) in [6.07, 6.45) is 2.49. The lowest BCUT2D eigenvalue weighted by atomic mass is 9.69. The summed E-state index contributed by atoms with van der Waals surface area (Å²) in [5, 5.41) is 18.8. The maximum absolute atomic E-state index is 14.2. The molecule has 2 N–H and O–H groups in total. The van der Waals surface area contributed by atoms with E-state index in [2.05, 4.69) is 15.9 Å². The highest BCUT2D eigenvalue weighted by Crippen LogP contribution is 2.45. The lowest BCUT2D eigenvalue weighted by molar-refractivity contribution is -0.145. The van der Waals surface area contributed by atoms with E-state index in [-0.39, 0.29) is 17.3 Å². The van der Waals surface area contributed by atoms with E-state index >= 15 is 0 Å². The number of phenols is 1. The van der Waals surface area contributed by atoms with Crippen LogP contribution < -0.4 is 0 Å². The van der Waals surface area contributed by atoms with E-state index in [0.717, 1.165) is 12.5 Å². The molecular formula is C13H13BrF2O3. The first-order valence-corrected chi connectivity index (χ1v) is 6.80. The maximum Gasteiger partial charge on any atom is 0.314 e. The molecule has 0 spiro atoms. The van der Waals surface area contributed by atoms with E-state index in [1.165, 1.54) is 0 Å². The second kappa shape index (κ2) is 5.07. The van der Waals surface area contributed by atoms with Gasteiger partial charge in [0.05, 0.1) is 9.89 Å². The Bertz CT molecular complexity index is 525. The topological polar surface area (TPSA) is 57.5 Å². The van der Waals surface area contributed by atoms with Crippen LogP contribution in [0.5, 0.6) is 5.75 Å². The molecule has 0 aliphatic heterocycles. The Labute approximate surface area is 117 Å². The van der Waals surface area contributed by atoms with Crippen LogP contribution in [0.1, 0.15) is 37.7 Å². The normalized spacial score (nSPS) is 18.3. The summed E-state index contributed by atoms with van der Waals surface area (Å²) < 4.78 is 27.9. The van der Waals surface area contributed by atoms with E-state index in [1.54, 1.807) is 0 Å². The number of hydrogen-bond donors (Lipinski definition) is 2. The van der Waals surface area contributed by atoms with Crippen molar-refractivity contribution in [1.82, 2.24) is 0 Å². The minimum Gasteiger partial charge on any atom is -0.507 e. The van der Waals surface area contributed by atoms with Crippen molar-refractivity contribution in [3.63, 3.8) is 0 Å². The molecule has 0 amide bonds. The Morgan fingerprint density at radius 3 is 2.37 bits per heavy atom. The van der Waals surface area contributed by atoms with Gasteiger partial charge in [-0.3, -0.25) is 4.79 Å². The average Bonchev–Trinajstić information content (AvgIpc) is 2.37. The van der Waals surface area contributed by atoms with E-state index in [1.807, 2.05) is 0 Å². The second-order valence-corrected chi connectivity index (χ2v) is 5.62. The standard InChI is InChI=1S/C13H13BrF2O3/c14-10-8(17)6-7(15)9(11(10)16)13(12(18)19)4-2-1-3-5-13/h6,17H,1-5H2,(H,18,19). The number of hydrogen-bond acceptors (Lipinski definition) is 2. The Hall–Kier alpha value is -1.17. The molecule has 0 unspecified atom stereocenters. The van der Waals surface area contributed by atoms with Crippen molar-refractivity contribution < 1.29 is 23.8 Å². The summed E-state index contributed by atoms with van der Waals surface area (Å²) in [6.45, 7) is 0. The summed E-state index contributed by atoms with van der Waals surface area (Å²) in [4.78, 5) is 11.6. The number of rotatable bonds is 2. The van der Waals surface area contributed by atoms with Crippen LogP contribution >= 0.6 is 15.9 Å². The van der Waals surface area contributed by atoms with Gasteiger partial charge in [0.25, 0.3) is 0 Å². The second-order valence-electron chi connectivity index (χ2n) is 4.83. The third-order valence-corrected chi connectivity index (χ3v) is 4.49. The number of carbonyl (C=O) groups is 1. The smallest absolute Gasteiger partial charge is 0.314 e. The van der Waals surface area contributed by atoms with Crippen LogP contribution in [0.3, 0.4) is 0 Å². The number of benzene rings is 1. The summed E-state index contributed by atoms with van der Waals surface area (Å²) in [5.41, 5.74) is -1.99. The quantitative estimate of drug-likeness (QED) is 0.810. The number of aliphatic carboxylic acids is 1. The molecule has 0 saturated heterocycles. The molecule has 0 bridgehead atoms. The van der Waals surface area contributed by atoms with Crippen LogP contribution in [0.15, 0.2) is 10.5 Å². The van der Waals surface area contributed by atoms with Crippen molar-refractivity contribution in [1.29, 1.82) is 0 Å². The Morgan fingerprint density at radius 2 is 1.84 bits per heavy atom. The molecule has 0 radical (unpaired) electrons. The van der Waals surface area contributed by atoms with Gasteiger partial charge in [-0.2, -0.15) is 0 Å². The molecule has 3 nitrogen and oxygen atoms in total. The summed E-state index contributed by atoms with van der Waals surface area (Å²) in [6, 6.07) is 0.752. The zero-order valence-electron chi connectivity index (χ0n) is 10.0. The predicted molar refractivity (Wildman–Crippen MR) is 68.1 cm³/mol. The van der Waals surface area contributed by atoms with Gasteiger partial charge in [-0.25, -0.2) is 8.78 Å². The molecule has 0 atom stereocenters. The molecule has 1 fully saturated rings. The predicted octanol–water partition coefficient (Wildman–Crippen LogP) is 3.72. The van der Waals surface area contributed by atoms with Crippen molar-refractivity contribution in [3.05, 3.63) is 27.7 Å². The van der Waals surface area contributed by atoms with Crippen LogP contribution in [-0.4, -0.2) is 16.2 Å². The molecule has 1 aliphatic rings. The largest absolute Gasteiger partial charge is 0.507 e. The highest BCUT2D eigenvalue weighted by molar-refractivity contribution is 9.10. The SMILES string of the molecule is O=C(O)C1(c2c(F)cc(O)c(Br)c2F)CCCCC1. The van der Waals surface area contributed by atoms with Gasteiger partial charge in [-0.15, -0.1) is 0 Å². The molecule has 2 rings (SSSR count). The Kier molecular flexibility index (Phi) is 3.80. The highest BCUT2D eigenvalue weighted by Gasteiger charge is 2.46. The third-order valence-electron chi connectivity index (χ3n) is 3.73. The van der Waals surface area contributed by atoms with Crippen molar-refractivity contribution in [3.8, 4) is 5.75 Å². The van der Waals surface area contributed by atoms with E-state index in [9.17, 15) is 23.8 Å². The number of phenolic OH excluding ortho intramolecular Hbond substituents is 1. The number of carboxylic acids is 1. The fourth-order valence-corrected chi connectivity index (χ4v) is 3.06. The van der Waals surface area contributed by atoms with Gasteiger partial charge in [0.1, 0.15) is 17.4 Å². The first-order valence-electron chi connectivity index (χ1n) is 6.00. The average molecular weight is 335 g/mol.